The Morgan fingerprint density at radius 1 is 1.44 bits per heavy atom. The molecule has 0 radical (unpaired) electrons. The molecule has 1 aromatic carbocycles. The van der Waals surface area contributed by atoms with E-state index < -0.39 is 0 Å². The summed E-state index contributed by atoms with van der Waals surface area (Å²) in [5.74, 6) is 0. The quantitative estimate of drug-likeness (QED) is 0.917. The highest BCUT2D eigenvalue weighted by Crippen LogP contribution is 2.26. The molecule has 0 saturated heterocycles. The standard InChI is InChI=1S/C12H11Cl2N3O/c1-8(10-3-2-9(13)6-11(10)14)16-12(18)17-5-4-15-7-17/h2-8H,1H3,(H,16,18)/t8-/m0/s1. The number of carbonyl (C=O) groups excluding carboxylic acids is 1. The molecule has 1 heterocycles. The maximum atomic E-state index is 11.8. The maximum absolute atomic E-state index is 11.8. The molecule has 0 saturated carbocycles. The molecule has 0 aliphatic heterocycles. The van der Waals surface area contributed by atoms with Gasteiger partial charge in [-0.3, -0.25) is 4.57 Å². The van der Waals surface area contributed by atoms with Gasteiger partial charge in [0.25, 0.3) is 0 Å². The van der Waals surface area contributed by atoms with Crippen molar-refractivity contribution in [2.24, 2.45) is 0 Å². The minimum Gasteiger partial charge on any atom is -0.331 e. The zero-order chi connectivity index (χ0) is 13.1. The van der Waals surface area contributed by atoms with E-state index >= 15 is 0 Å². The molecule has 2 rings (SSSR count). The van der Waals surface area contributed by atoms with Crippen molar-refractivity contribution in [3.8, 4) is 0 Å². The fraction of sp³-hybridized carbons (Fsp3) is 0.167. The molecular weight excluding hydrogens is 273 g/mol. The van der Waals surface area contributed by atoms with Gasteiger partial charge in [0.2, 0.25) is 0 Å². The molecule has 94 valence electrons. The van der Waals surface area contributed by atoms with Gasteiger partial charge in [0.05, 0.1) is 6.04 Å². The number of hydrogen-bond acceptors (Lipinski definition) is 2. The first-order valence-corrected chi connectivity index (χ1v) is 6.07. The topological polar surface area (TPSA) is 46.9 Å². The van der Waals surface area contributed by atoms with Gasteiger partial charge in [0.1, 0.15) is 6.33 Å². The molecule has 1 aromatic heterocycles. The summed E-state index contributed by atoms with van der Waals surface area (Å²) in [5.41, 5.74) is 0.814. The predicted octanol–water partition coefficient (Wildman–Crippen LogP) is 3.51. The average Bonchev–Trinajstić information content (AvgIpc) is 2.81. The van der Waals surface area contributed by atoms with Gasteiger partial charge < -0.3 is 5.32 Å². The van der Waals surface area contributed by atoms with Crippen LogP contribution < -0.4 is 5.32 Å². The first-order chi connectivity index (χ1) is 8.58. The van der Waals surface area contributed by atoms with Crippen LogP contribution >= 0.6 is 23.2 Å². The highest BCUT2D eigenvalue weighted by Gasteiger charge is 2.13. The van der Waals surface area contributed by atoms with E-state index in [1.165, 1.54) is 10.9 Å². The Labute approximate surface area is 115 Å². The number of amides is 1. The van der Waals surface area contributed by atoms with Crippen LogP contribution in [0.15, 0.2) is 36.9 Å². The van der Waals surface area contributed by atoms with E-state index in [9.17, 15) is 4.79 Å². The molecular formula is C12H11Cl2N3O. The van der Waals surface area contributed by atoms with Crippen LogP contribution in [0.5, 0.6) is 0 Å². The van der Waals surface area contributed by atoms with E-state index in [0.29, 0.717) is 10.0 Å². The van der Waals surface area contributed by atoms with Crippen LogP contribution in [-0.2, 0) is 0 Å². The number of nitrogens with zero attached hydrogens (tertiary/aromatic N) is 2. The molecule has 0 spiro atoms. The number of aromatic nitrogens is 2. The van der Waals surface area contributed by atoms with Gasteiger partial charge in [-0.2, -0.15) is 0 Å². The maximum Gasteiger partial charge on any atom is 0.327 e. The van der Waals surface area contributed by atoms with Crippen molar-refractivity contribution in [2.45, 2.75) is 13.0 Å². The van der Waals surface area contributed by atoms with E-state index in [1.54, 1.807) is 30.6 Å². The molecule has 6 heteroatoms. The lowest BCUT2D eigenvalue weighted by Gasteiger charge is -2.15. The van der Waals surface area contributed by atoms with Gasteiger partial charge in [0.15, 0.2) is 0 Å². The fourth-order valence-corrected chi connectivity index (χ4v) is 2.14. The Hall–Kier alpha value is -1.52. The van der Waals surface area contributed by atoms with Crippen LogP contribution in [-0.4, -0.2) is 15.6 Å². The Kier molecular flexibility index (Phi) is 3.89. The number of rotatable bonds is 2. The van der Waals surface area contributed by atoms with Crippen molar-refractivity contribution in [3.63, 3.8) is 0 Å². The van der Waals surface area contributed by atoms with Crippen LogP contribution in [0, 0.1) is 0 Å². The molecule has 18 heavy (non-hydrogen) atoms. The first kappa shape index (κ1) is 12.9. The lowest BCUT2D eigenvalue weighted by Crippen LogP contribution is -2.30. The third kappa shape index (κ3) is 2.83. The van der Waals surface area contributed by atoms with Crippen molar-refractivity contribution in [1.82, 2.24) is 14.9 Å². The second-order valence-electron chi connectivity index (χ2n) is 3.81. The van der Waals surface area contributed by atoms with Crippen LogP contribution in [0.25, 0.3) is 0 Å². The second-order valence-corrected chi connectivity index (χ2v) is 4.65. The van der Waals surface area contributed by atoms with Gasteiger partial charge in [0, 0.05) is 22.4 Å². The van der Waals surface area contributed by atoms with Gasteiger partial charge >= 0.3 is 6.03 Å². The number of hydrogen-bond donors (Lipinski definition) is 1. The number of imidazole rings is 1. The van der Waals surface area contributed by atoms with Gasteiger partial charge in [-0.25, -0.2) is 9.78 Å². The summed E-state index contributed by atoms with van der Waals surface area (Å²) in [5, 5.41) is 3.91. The van der Waals surface area contributed by atoms with Gasteiger partial charge in [-0.15, -0.1) is 0 Å². The van der Waals surface area contributed by atoms with E-state index in [0.717, 1.165) is 5.56 Å². The Bertz CT molecular complexity index is 554. The molecule has 0 fully saturated rings. The van der Waals surface area contributed by atoms with E-state index in [2.05, 4.69) is 10.3 Å². The van der Waals surface area contributed by atoms with Crippen molar-refractivity contribution in [3.05, 3.63) is 52.5 Å². The summed E-state index contributed by atoms with van der Waals surface area (Å²) in [6.45, 7) is 1.85. The SMILES string of the molecule is C[C@H](NC(=O)n1ccnc1)c1ccc(Cl)cc1Cl. The van der Waals surface area contributed by atoms with Crippen molar-refractivity contribution in [1.29, 1.82) is 0 Å². The van der Waals surface area contributed by atoms with E-state index in [4.69, 9.17) is 23.2 Å². The zero-order valence-corrected chi connectivity index (χ0v) is 11.1. The predicted molar refractivity (Wildman–Crippen MR) is 71.0 cm³/mol. The molecule has 0 aliphatic carbocycles. The lowest BCUT2D eigenvalue weighted by molar-refractivity contribution is 0.239. The van der Waals surface area contributed by atoms with Crippen LogP contribution in [0.1, 0.15) is 18.5 Å². The summed E-state index contributed by atoms with van der Waals surface area (Å²) in [6, 6.07) is 4.71. The second kappa shape index (κ2) is 5.42. The fourth-order valence-electron chi connectivity index (χ4n) is 1.57. The molecule has 0 bridgehead atoms. The largest absolute Gasteiger partial charge is 0.331 e. The summed E-state index contributed by atoms with van der Waals surface area (Å²) >= 11 is 11.9. The van der Waals surface area contributed by atoms with E-state index in [1.807, 2.05) is 6.92 Å². The summed E-state index contributed by atoms with van der Waals surface area (Å²) in [7, 11) is 0. The van der Waals surface area contributed by atoms with Crippen LogP contribution in [0.3, 0.4) is 0 Å². The minimum absolute atomic E-state index is 0.218. The van der Waals surface area contributed by atoms with Crippen molar-refractivity contribution in [2.75, 3.05) is 0 Å². The summed E-state index contributed by atoms with van der Waals surface area (Å²) < 4.78 is 1.36. The van der Waals surface area contributed by atoms with Gasteiger partial charge in [-0.1, -0.05) is 29.3 Å². The molecule has 1 amide bonds. The number of halogens is 2. The smallest absolute Gasteiger partial charge is 0.327 e. The normalized spacial score (nSPS) is 12.2. The minimum atomic E-state index is -0.258. The first-order valence-electron chi connectivity index (χ1n) is 5.31. The van der Waals surface area contributed by atoms with Crippen molar-refractivity contribution >= 4 is 29.2 Å². The monoisotopic (exact) mass is 283 g/mol. The van der Waals surface area contributed by atoms with Crippen molar-refractivity contribution < 1.29 is 4.79 Å². The Balaban J connectivity index is 2.12. The summed E-state index contributed by atoms with van der Waals surface area (Å²) in [6.07, 6.45) is 4.55. The number of carbonyl (C=O) groups is 1. The molecule has 1 atom stereocenters. The van der Waals surface area contributed by atoms with Crippen LogP contribution in [0.2, 0.25) is 10.0 Å². The average molecular weight is 284 g/mol. The van der Waals surface area contributed by atoms with Crippen LogP contribution in [0.4, 0.5) is 4.79 Å². The molecule has 4 nitrogen and oxygen atoms in total. The molecule has 0 unspecified atom stereocenters. The third-order valence-corrected chi connectivity index (χ3v) is 3.07. The third-order valence-electron chi connectivity index (χ3n) is 2.51. The highest BCUT2D eigenvalue weighted by molar-refractivity contribution is 6.35. The lowest BCUT2D eigenvalue weighted by atomic mass is 10.1. The number of benzene rings is 1. The zero-order valence-electron chi connectivity index (χ0n) is 9.60. The molecule has 0 aliphatic rings. The highest BCUT2D eigenvalue weighted by atomic mass is 35.5. The summed E-state index contributed by atoms with van der Waals surface area (Å²) in [4.78, 5) is 15.6. The molecule has 2 aromatic rings. The molecule has 1 N–H and O–H groups in total. The Morgan fingerprint density at radius 3 is 2.83 bits per heavy atom. The van der Waals surface area contributed by atoms with Gasteiger partial charge in [-0.05, 0) is 24.6 Å². The number of nitrogens with one attached hydrogen (secondary N) is 1. The van der Waals surface area contributed by atoms with E-state index in [-0.39, 0.29) is 12.1 Å². The Morgan fingerprint density at radius 2 is 2.22 bits per heavy atom.